The molecule has 34 heavy (non-hydrogen) atoms. The zero-order chi connectivity index (χ0) is 25.7. The van der Waals surface area contributed by atoms with E-state index in [4.69, 9.17) is 13.3 Å². The summed E-state index contributed by atoms with van der Waals surface area (Å²) in [5, 5.41) is 3.21. The summed E-state index contributed by atoms with van der Waals surface area (Å²) < 4.78 is 16.8. The first-order chi connectivity index (χ1) is 16.1. The second kappa shape index (κ2) is 15.8. The highest BCUT2D eigenvalue weighted by atomic mass is 28.4. The molecular weight excluding hydrogens is 469 g/mol. The predicted octanol–water partition coefficient (Wildman–Crippen LogP) is 7.71. The molecule has 1 aromatic rings. The second-order valence-electron chi connectivity index (χ2n) is 11.3. The lowest BCUT2D eigenvalue weighted by Crippen LogP contribution is -2.48. The van der Waals surface area contributed by atoms with Crippen molar-refractivity contribution in [3.8, 4) is 0 Å². The van der Waals surface area contributed by atoms with Crippen LogP contribution in [-0.2, 0) is 13.3 Å². The van der Waals surface area contributed by atoms with Gasteiger partial charge < -0.3 is 13.3 Å². The number of hydrogen-bond donors (Lipinski definition) is 0. The lowest BCUT2D eigenvalue weighted by Gasteiger charge is -2.33. The molecule has 1 atom stereocenters. The highest BCUT2D eigenvalue weighted by molar-refractivity contribution is 6.92. The van der Waals surface area contributed by atoms with Crippen LogP contribution in [0.1, 0.15) is 78.1 Å². The smallest absolute Gasteiger partial charge is 0.377 e. The number of hydrogen-bond acceptors (Lipinski definition) is 3. The van der Waals surface area contributed by atoms with Crippen molar-refractivity contribution in [3.05, 3.63) is 24.3 Å². The Labute approximate surface area is 215 Å². The topological polar surface area (TPSA) is 27.7 Å². The standard InChI is InChI=1S/C28H56O3Si3/c1-10-12-13-14-15-16-17-19-26(11-2)33(8,9)28-22-20-27(21-23-28)32(6,7)24-18-25-34(29-3,30-4)31-5/h20-23,26H,10-19,24-25H2,1-9H3. The van der Waals surface area contributed by atoms with E-state index in [0.717, 1.165) is 18.0 Å². The van der Waals surface area contributed by atoms with Crippen LogP contribution in [0.3, 0.4) is 0 Å². The third kappa shape index (κ3) is 9.66. The van der Waals surface area contributed by atoms with Gasteiger partial charge in [-0.3, -0.25) is 0 Å². The average Bonchev–Trinajstić information content (AvgIpc) is 2.84. The molecule has 1 aromatic carbocycles. The summed E-state index contributed by atoms with van der Waals surface area (Å²) in [4.78, 5) is 0. The third-order valence-electron chi connectivity index (χ3n) is 8.30. The van der Waals surface area contributed by atoms with E-state index in [1.54, 1.807) is 31.7 Å². The zero-order valence-corrected chi connectivity index (χ0v) is 27.1. The number of unbranched alkanes of at least 4 members (excludes halogenated alkanes) is 6. The fourth-order valence-corrected chi connectivity index (χ4v) is 13.4. The van der Waals surface area contributed by atoms with Crippen molar-refractivity contribution in [1.82, 2.24) is 0 Å². The molecule has 0 aliphatic heterocycles. The minimum Gasteiger partial charge on any atom is -0.377 e. The maximum atomic E-state index is 5.61. The summed E-state index contributed by atoms with van der Waals surface area (Å²) in [6.45, 7) is 14.9. The molecule has 0 fully saturated rings. The first-order valence-corrected chi connectivity index (χ1v) is 22.1. The first-order valence-electron chi connectivity index (χ1n) is 13.9. The van der Waals surface area contributed by atoms with Gasteiger partial charge in [0.25, 0.3) is 0 Å². The van der Waals surface area contributed by atoms with Crippen LogP contribution in [0.2, 0.25) is 43.8 Å². The Hall–Kier alpha value is -0.249. The van der Waals surface area contributed by atoms with Crippen LogP contribution in [0.25, 0.3) is 0 Å². The predicted molar refractivity (Wildman–Crippen MR) is 158 cm³/mol. The molecular formula is C28H56O3Si3. The summed E-state index contributed by atoms with van der Waals surface area (Å²) in [6.07, 6.45) is 13.7. The van der Waals surface area contributed by atoms with Crippen LogP contribution in [-0.4, -0.2) is 46.3 Å². The zero-order valence-electron chi connectivity index (χ0n) is 24.1. The van der Waals surface area contributed by atoms with Crippen molar-refractivity contribution in [2.45, 2.75) is 122 Å². The SMILES string of the molecule is CCCCCCCCCC(CC)[Si](C)(C)c1ccc([Si](C)(C)CCC[Si](OC)(OC)OC)cc1. The summed E-state index contributed by atoms with van der Waals surface area (Å²) >= 11 is 0. The highest BCUT2D eigenvalue weighted by Crippen LogP contribution is 2.31. The minimum absolute atomic E-state index is 0.884. The Morgan fingerprint density at radius 1 is 0.647 bits per heavy atom. The van der Waals surface area contributed by atoms with Gasteiger partial charge >= 0.3 is 8.80 Å². The Morgan fingerprint density at radius 2 is 1.15 bits per heavy atom. The van der Waals surface area contributed by atoms with Crippen molar-refractivity contribution < 1.29 is 13.3 Å². The largest absolute Gasteiger partial charge is 0.500 e. The monoisotopic (exact) mass is 524 g/mol. The molecule has 0 aliphatic rings. The fourth-order valence-electron chi connectivity index (χ4n) is 5.46. The summed E-state index contributed by atoms with van der Waals surface area (Å²) in [5.41, 5.74) is 0.884. The van der Waals surface area contributed by atoms with E-state index in [2.05, 4.69) is 64.3 Å². The van der Waals surface area contributed by atoms with Gasteiger partial charge in [-0.1, -0.05) is 145 Å². The van der Waals surface area contributed by atoms with Crippen LogP contribution < -0.4 is 10.4 Å². The quantitative estimate of drug-likeness (QED) is 0.137. The molecule has 0 bridgehead atoms. The van der Waals surface area contributed by atoms with Crippen molar-refractivity contribution in [3.63, 3.8) is 0 Å². The Bertz CT molecular complexity index is 649. The van der Waals surface area contributed by atoms with Crippen LogP contribution in [0, 0.1) is 0 Å². The lowest BCUT2D eigenvalue weighted by molar-refractivity contribution is 0.123. The van der Waals surface area contributed by atoms with Crippen molar-refractivity contribution >= 4 is 35.3 Å². The normalized spacial score (nSPS) is 13.9. The summed E-state index contributed by atoms with van der Waals surface area (Å²) in [5.74, 6) is 0. The van der Waals surface area contributed by atoms with Gasteiger partial charge in [0.15, 0.2) is 0 Å². The molecule has 3 nitrogen and oxygen atoms in total. The molecule has 0 aliphatic carbocycles. The first kappa shape index (κ1) is 31.8. The second-order valence-corrected chi connectivity index (χ2v) is 24.1. The highest BCUT2D eigenvalue weighted by Gasteiger charge is 2.38. The Kier molecular flexibility index (Phi) is 14.7. The van der Waals surface area contributed by atoms with Gasteiger partial charge in [-0.15, -0.1) is 0 Å². The number of rotatable bonds is 19. The van der Waals surface area contributed by atoms with Gasteiger partial charge in [0, 0.05) is 27.4 Å². The lowest BCUT2D eigenvalue weighted by atomic mass is 10.1. The molecule has 0 saturated heterocycles. The minimum atomic E-state index is -2.46. The maximum absolute atomic E-state index is 5.61. The van der Waals surface area contributed by atoms with E-state index < -0.39 is 25.0 Å². The Morgan fingerprint density at radius 3 is 1.65 bits per heavy atom. The molecule has 0 heterocycles. The summed E-state index contributed by atoms with van der Waals surface area (Å²) in [6, 6.07) is 12.0. The molecule has 0 radical (unpaired) electrons. The molecule has 198 valence electrons. The van der Waals surface area contributed by atoms with Crippen molar-refractivity contribution in [1.29, 1.82) is 0 Å². The molecule has 0 amide bonds. The van der Waals surface area contributed by atoms with Crippen LogP contribution in [0.15, 0.2) is 24.3 Å². The van der Waals surface area contributed by atoms with Gasteiger partial charge in [0.2, 0.25) is 0 Å². The van der Waals surface area contributed by atoms with Crippen molar-refractivity contribution in [2.24, 2.45) is 0 Å². The molecule has 0 N–H and O–H groups in total. The van der Waals surface area contributed by atoms with E-state index in [-0.39, 0.29) is 0 Å². The van der Waals surface area contributed by atoms with Crippen LogP contribution in [0.5, 0.6) is 0 Å². The maximum Gasteiger partial charge on any atom is 0.500 e. The van der Waals surface area contributed by atoms with E-state index in [1.807, 2.05) is 0 Å². The Balaban J connectivity index is 2.70. The van der Waals surface area contributed by atoms with Gasteiger partial charge in [0.05, 0.1) is 16.1 Å². The van der Waals surface area contributed by atoms with Gasteiger partial charge in [-0.2, -0.15) is 0 Å². The molecule has 0 saturated carbocycles. The molecule has 6 heteroatoms. The molecule has 0 aromatic heterocycles. The third-order valence-corrected chi connectivity index (χ3v) is 19.2. The van der Waals surface area contributed by atoms with E-state index >= 15 is 0 Å². The van der Waals surface area contributed by atoms with Crippen LogP contribution in [0.4, 0.5) is 0 Å². The molecule has 1 rings (SSSR count). The van der Waals surface area contributed by atoms with Gasteiger partial charge in [0.1, 0.15) is 0 Å². The van der Waals surface area contributed by atoms with E-state index in [0.29, 0.717) is 0 Å². The van der Waals surface area contributed by atoms with E-state index in [9.17, 15) is 0 Å². The summed E-state index contributed by atoms with van der Waals surface area (Å²) in [7, 11) is -0.299. The number of benzene rings is 1. The van der Waals surface area contributed by atoms with Crippen molar-refractivity contribution in [2.75, 3.05) is 21.3 Å². The van der Waals surface area contributed by atoms with Gasteiger partial charge in [-0.05, 0) is 5.54 Å². The average molecular weight is 525 g/mol. The fraction of sp³-hybridized carbons (Fsp3) is 0.786. The van der Waals surface area contributed by atoms with Crippen LogP contribution >= 0.6 is 0 Å². The van der Waals surface area contributed by atoms with E-state index in [1.165, 1.54) is 63.8 Å². The van der Waals surface area contributed by atoms with Gasteiger partial charge in [-0.25, -0.2) is 0 Å². The molecule has 0 spiro atoms. The molecule has 1 unspecified atom stereocenters.